The predicted octanol–water partition coefficient (Wildman–Crippen LogP) is 3.91. The number of nitrogens with two attached hydrogens (primary N) is 1. The number of anilines is 1. The minimum Gasteiger partial charge on any atom is -0.399 e. The van der Waals surface area contributed by atoms with Gasteiger partial charge in [-0.15, -0.1) is 0 Å². The third kappa shape index (κ3) is 5.03. The Morgan fingerprint density at radius 1 is 1.24 bits per heavy atom. The average molecular weight is 233 g/mol. The van der Waals surface area contributed by atoms with Crippen molar-refractivity contribution in [3.05, 3.63) is 29.8 Å². The average Bonchev–Trinajstić information content (AvgIpc) is 2.15. The van der Waals surface area contributed by atoms with Crippen molar-refractivity contribution in [1.82, 2.24) is 0 Å². The number of hydrogen-bond donors (Lipinski definition) is 1. The summed E-state index contributed by atoms with van der Waals surface area (Å²) in [5.41, 5.74) is 7.34. The summed E-state index contributed by atoms with van der Waals surface area (Å²) in [7, 11) is 0. The van der Waals surface area contributed by atoms with Gasteiger partial charge in [0.25, 0.3) is 0 Å². The molecule has 1 rings (SSSR count). The summed E-state index contributed by atoms with van der Waals surface area (Å²) in [6.45, 7) is 8.76. The van der Waals surface area contributed by atoms with E-state index < -0.39 is 0 Å². The fraction of sp³-hybridized carbons (Fsp3) is 0.533. The van der Waals surface area contributed by atoms with Gasteiger partial charge in [-0.2, -0.15) is 0 Å². The molecule has 1 atom stereocenters. The molecule has 0 aliphatic rings. The molecule has 0 aliphatic carbocycles. The maximum Gasteiger partial charge on any atom is 0.163 e. The zero-order valence-electron chi connectivity index (χ0n) is 11.3. The van der Waals surface area contributed by atoms with E-state index in [4.69, 9.17) is 5.73 Å². The highest BCUT2D eigenvalue weighted by molar-refractivity contribution is 5.96. The quantitative estimate of drug-likeness (QED) is 0.633. The Labute approximate surface area is 104 Å². The van der Waals surface area contributed by atoms with E-state index in [9.17, 15) is 4.79 Å². The van der Waals surface area contributed by atoms with Crippen molar-refractivity contribution < 1.29 is 4.79 Å². The summed E-state index contributed by atoms with van der Waals surface area (Å²) in [5, 5.41) is 0. The van der Waals surface area contributed by atoms with Gasteiger partial charge >= 0.3 is 0 Å². The second kappa shape index (κ2) is 5.35. The van der Waals surface area contributed by atoms with Gasteiger partial charge in [0.05, 0.1) is 0 Å². The molecule has 1 aromatic rings. The fourth-order valence-corrected chi connectivity index (χ4v) is 2.22. The monoisotopic (exact) mass is 233 g/mol. The van der Waals surface area contributed by atoms with Crippen molar-refractivity contribution in [2.24, 2.45) is 11.3 Å². The lowest BCUT2D eigenvalue weighted by Gasteiger charge is -2.22. The van der Waals surface area contributed by atoms with E-state index in [0.717, 1.165) is 12.0 Å². The second-order valence-electron chi connectivity index (χ2n) is 6.12. The molecule has 0 radical (unpaired) electrons. The molecule has 2 nitrogen and oxygen atoms in total. The maximum absolute atomic E-state index is 12.0. The summed E-state index contributed by atoms with van der Waals surface area (Å²) < 4.78 is 0. The molecule has 2 heteroatoms. The number of nitrogen functional groups attached to an aromatic ring is 1. The van der Waals surface area contributed by atoms with Crippen LogP contribution in [0.1, 0.15) is 50.9 Å². The first-order valence-corrected chi connectivity index (χ1v) is 6.17. The van der Waals surface area contributed by atoms with Crippen molar-refractivity contribution in [1.29, 1.82) is 0 Å². The van der Waals surface area contributed by atoms with Crippen molar-refractivity contribution in [3.63, 3.8) is 0 Å². The van der Waals surface area contributed by atoms with Gasteiger partial charge < -0.3 is 5.73 Å². The molecule has 0 fully saturated rings. The van der Waals surface area contributed by atoms with Crippen LogP contribution in [0.4, 0.5) is 5.69 Å². The first-order valence-electron chi connectivity index (χ1n) is 6.17. The lowest BCUT2D eigenvalue weighted by atomic mass is 9.83. The summed E-state index contributed by atoms with van der Waals surface area (Å²) in [6, 6.07) is 7.17. The normalized spacial score (nSPS) is 13.4. The van der Waals surface area contributed by atoms with Crippen LogP contribution in [0.5, 0.6) is 0 Å². The highest BCUT2D eigenvalue weighted by Crippen LogP contribution is 2.26. The molecular formula is C15H23NO. The number of carbonyl (C=O) groups excluding carboxylic acids is 1. The summed E-state index contributed by atoms with van der Waals surface area (Å²) >= 11 is 0. The van der Waals surface area contributed by atoms with Gasteiger partial charge in [-0.25, -0.2) is 0 Å². The number of carbonyl (C=O) groups is 1. The Hall–Kier alpha value is -1.31. The van der Waals surface area contributed by atoms with Crippen molar-refractivity contribution in [3.8, 4) is 0 Å². The van der Waals surface area contributed by atoms with E-state index in [2.05, 4.69) is 27.7 Å². The SMILES string of the molecule is CC(CC(=O)c1ccc(N)cc1)CC(C)(C)C. The molecule has 0 amide bonds. The van der Waals surface area contributed by atoms with Crippen molar-refractivity contribution in [2.45, 2.75) is 40.5 Å². The van der Waals surface area contributed by atoms with E-state index in [1.165, 1.54) is 0 Å². The summed E-state index contributed by atoms with van der Waals surface area (Å²) in [4.78, 5) is 12.0. The zero-order valence-corrected chi connectivity index (χ0v) is 11.3. The summed E-state index contributed by atoms with van der Waals surface area (Å²) in [5.74, 6) is 0.627. The topological polar surface area (TPSA) is 43.1 Å². The van der Waals surface area contributed by atoms with Crippen LogP contribution in [0, 0.1) is 11.3 Å². The third-order valence-corrected chi connectivity index (χ3v) is 2.73. The molecule has 0 aromatic heterocycles. The Bertz CT molecular complexity index is 373. The van der Waals surface area contributed by atoms with Gasteiger partial charge in [-0.3, -0.25) is 4.79 Å². The number of rotatable bonds is 4. The van der Waals surface area contributed by atoms with Gasteiger partial charge in [0.2, 0.25) is 0 Å². The lowest BCUT2D eigenvalue weighted by molar-refractivity contribution is 0.0954. The largest absolute Gasteiger partial charge is 0.399 e. The zero-order chi connectivity index (χ0) is 13.1. The van der Waals surface area contributed by atoms with E-state index in [1.807, 2.05) is 12.1 Å². The molecular weight excluding hydrogens is 210 g/mol. The number of hydrogen-bond acceptors (Lipinski definition) is 2. The van der Waals surface area contributed by atoms with E-state index in [-0.39, 0.29) is 11.2 Å². The number of benzene rings is 1. The van der Waals surface area contributed by atoms with Crippen LogP contribution in [0.2, 0.25) is 0 Å². The third-order valence-electron chi connectivity index (χ3n) is 2.73. The van der Waals surface area contributed by atoms with Crippen LogP contribution in [-0.4, -0.2) is 5.78 Å². The predicted molar refractivity (Wildman–Crippen MR) is 73.0 cm³/mol. The minimum absolute atomic E-state index is 0.210. The molecule has 0 aliphatic heterocycles. The van der Waals surface area contributed by atoms with Crippen LogP contribution >= 0.6 is 0 Å². The van der Waals surface area contributed by atoms with Crippen LogP contribution in [0.3, 0.4) is 0 Å². The standard InChI is InChI=1S/C15H23NO/c1-11(10-15(2,3)4)9-14(17)12-5-7-13(16)8-6-12/h5-8,11H,9-10,16H2,1-4H3. The Kier molecular flexibility index (Phi) is 4.33. The molecule has 0 spiro atoms. The Morgan fingerprint density at radius 3 is 2.24 bits per heavy atom. The maximum atomic E-state index is 12.0. The molecule has 1 aromatic carbocycles. The minimum atomic E-state index is 0.210. The van der Waals surface area contributed by atoms with Gasteiger partial charge in [-0.05, 0) is 42.0 Å². The van der Waals surface area contributed by atoms with Gasteiger partial charge in [0.15, 0.2) is 5.78 Å². The second-order valence-corrected chi connectivity index (χ2v) is 6.12. The van der Waals surface area contributed by atoms with E-state index in [1.54, 1.807) is 12.1 Å². The van der Waals surface area contributed by atoms with Crippen molar-refractivity contribution in [2.75, 3.05) is 5.73 Å². The first kappa shape index (κ1) is 13.8. The van der Waals surface area contributed by atoms with Crippen LogP contribution in [0.25, 0.3) is 0 Å². The highest BCUT2D eigenvalue weighted by atomic mass is 16.1. The van der Waals surface area contributed by atoms with Crippen LogP contribution in [0.15, 0.2) is 24.3 Å². The highest BCUT2D eigenvalue weighted by Gasteiger charge is 2.18. The first-order chi connectivity index (χ1) is 7.78. The molecule has 1 unspecified atom stereocenters. The Morgan fingerprint density at radius 2 is 1.76 bits per heavy atom. The molecule has 94 valence electrons. The van der Waals surface area contributed by atoms with Crippen molar-refractivity contribution >= 4 is 11.5 Å². The van der Waals surface area contributed by atoms with Crippen LogP contribution < -0.4 is 5.73 Å². The van der Waals surface area contributed by atoms with E-state index in [0.29, 0.717) is 18.0 Å². The lowest BCUT2D eigenvalue weighted by Crippen LogP contribution is -2.14. The number of Topliss-reactive ketones (excluding diaryl/α,β-unsaturated/α-hetero) is 1. The molecule has 2 N–H and O–H groups in total. The molecule has 0 heterocycles. The molecule has 0 saturated heterocycles. The van der Waals surface area contributed by atoms with Gasteiger partial charge in [0, 0.05) is 17.7 Å². The van der Waals surface area contributed by atoms with Gasteiger partial charge in [-0.1, -0.05) is 27.7 Å². The van der Waals surface area contributed by atoms with E-state index >= 15 is 0 Å². The fourth-order valence-electron chi connectivity index (χ4n) is 2.22. The van der Waals surface area contributed by atoms with Gasteiger partial charge in [0.1, 0.15) is 0 Å². The Balaban J connectivity index is 2.57. The molecule has 0 saturated carbocycles. The molecule has 0 bridgehead atoms. The molecule has 17 heavy (non-hydrogen) atoms. The van der Waals surface area contributed by atoms with Crippen LogP contribution in [-0.2, 0) is 0 Å². The summed E-state index contributed by atoms with van der Waals surface area (Å²) in [6.07, 6.45) is 1.68. The smallest absolute Gasteiger partial charge is 0.163 e. The number of ketones is 1.